The number of likely N-dealkylation sites (tertiary alicyclic amines) is 1. The van der Waals surface area contributed by atoms with Gasteiger partial charge in [0, 0.05) is 44.5 Å². The van der Waals surface area contributed by atoms with Crippen molar-refractivity contribution in [2.24, 2.45) is 5.92 Å². The summed E-state index contributed by atoms with van der Waals surface area (Å²) < 4.78 is 11.3. The molecule has 1 aromatic rings. The highest BCUT2D eigenvalue weighted by molar-refractivity contribution is 6.33. The Morgan fingerprint density at radius 1 is 1.45 bits per heavy atom. The molecule has 7 nitrogen and oxygen atoms in total. The maximum atomic E-state index is 12.8. The second-order valence-corrected chi connectivity index (χ2v) is 8.27. The maximum absolute atomic E-state index is 12.8. The van der Waals surface area contributed by atoms with E-state index in [1.165, 1.54) is 0 Å². The molecule has 1 aromatic carbocycles. The molecule has 2 atom stereocenters. The van der Waals surface area contributed by atoms with E-state index in [1.807, 2.05) is 0 Å². The minimum atomic E-state index is -0.205. The first-order valence-electron chi connectivity index (χ1n) is 10.2. The number of rotatable bonds is 8. The number of halogens is 1. The van der Waals surface area contributed by atoms with Gasteiger partial charge in [-0.1, -0.05) is 11.6 Å². The van der Waals surface area contributed by atoms with E-state index in [0.29, 0.717) is 48.0 Å². The molecule has 0 saturated carbocycles. The van der Waals surface area contributed by atoms with Crippen molar-refractivity contribution < 1.29 is 19.1 Å². The van der Waals surface area contributed by atoms with E-state index < -0.39 is 0 Å². The Hall–Kier alpha value is -1.83. The van der Waals surface area contributed by atoms with Crippen molar-refractivity contribution in [3.05, 3.63) is 22.2 Å². The van der Waals surface area contributed by atoms with E-state index in [9.17, 15) is 9.59 Å². The quantitative estimate of drug-likeness (QED) is 0.623. The number of fused-ring (bicyclic) bond motifs is 1. The van der Waals surface area contributed by atoms with E-state index in [0.717, 1.165) is 38.0 Å². The van der Waals surface area contributed by atoms with Crippen LogP contribution >= 0.6 is 11.6 Å². The van der Waals surface area contributed by atoms with Crippen molar-refractivity contribution in [3.8, 4) is 5.75 Å². The highest BCUT2D eigenvalue weighted by Crippen LogP contribution is 2.38. The number of benzene rings is 1. The van der Waals surface area contributed by atoms with E-state index in [1.54, 1.807) is 20.1 Å². The number of methoxy groups -OCH3 is 1. The van der Waals surface area contributed by atoms with Gasteiger partial charge >= 0.3 is 0 Å². The average Bonchev–Trinajstić information content (AvgIpc) is 3.19. The van der Waals surface area contributed by atoms with Crippen LogP contribution in [-0.2, 0) is 16.0 Å². The lowest BCUT2D eigenvalue weighted by molar-refractivity contribution is -0.117. The van der Waals surface area contributed by atoms with Crippen LogP contribution in [0.2, 0.25) is 5.02 Å². The van der Waals surface area contributed by atoms with Gasteiger partial charge in [0.05, 0.1) is 29.0 Å². The van der Waals surface area contributed by atoms with Gasteiger partial charge in [0.1, 0.15) is 11.5 Å². The normalized spacial score (nSPS) is 21.5. The molecule has 0 unspecified atom stereocenters. The van der Waals surface area contributed by atoms with Crippen LogP contribution in [-0.4, -0.2) is 62.6 Å². The minimum Gasteiger partial charge on any atom is -0.492 e. The van der Waals surface area contributed by atoms with Crippen molar-refractivity contribution in [2.45, 2.75) is 38.7 Å². The number of anilines is 1. The summed E-state index contributed by atoms with van der Waals surface area (Å²) in [6, 6.07) is 1.59. The van der Waals surface area contributed by atoms with Gasteiger partial charge in [-0.15, -0.1) is 0 Å². The zero-order chi connectivity index (χ0) is 21.0. The molecular formula is C21H30ClN3O4. The number of ketones is 1. The highest BCUT2D eigenvalue weighted by Gasteiger charge is 2.30. The number of nitrogens with two attached hydrogens (primary N) is 1. The number of hydrogen-bond donors (Lipinski definition) is 2. The number of nitrogens with one attached hydrogen (secondary N) is 1. The zero-order valence-corrected chi connectivity index (χ0v) is 17.9. The largest absolute Gasteiger partial charge is 0.492 e. The summed E-state index contributed by atoms with van der Waals surface area (Å²) in [6.07, 6.45) is 3.12. The summed E-state index contributed by atoms with van der Waals surface area (Å²) in [5.74, 6) is 0.798. The van der Waals surface area contributed by atoms with E-state index in [4.69, 9.17) is 26.8 Å². The second kappa shape index (κ2) is 9.78. The van der Waals surface area contributed by atoms with Gasteiger partial charge in [-0.25, -0.2) is 0 Å². The van der Waals surface area contributed by atoms with Crippen molar-refractivity contribution in [1.82, 2.24) is 10.2 Å². The molecule has 8 heteroatoms. The highest BCUT2D eigenvalue weighted by atomic mass is 35.5. The van der Waals surface area contributed by atoms with Crippen molar-refractivity contribution >= 4 is 29.0 Å². The Morgan fingerprint density at radius 3 is 2.97 bits per heavy atom. The monoisotopic (exact) mass is 423 g/mol. The molecule has 0 aromatic heterocycles. The Bertz CT molecular complexity index is 771. The molecule has 3 rings (SSSR count). The molecule has 0 aliphatic carbocycles. The lowest BCUT2D eigenvalue weighted by Crippen LogP contribution is -2.48. The van der Waals surface area contributed by atoms with Crippen LogP contribution in [0.1, 0.15) is 42.1 Å². The Kier molecular flexibility index (Phi) is 7.38. The number of carbonyl (C=O) groups excluding carboxylic acids is 2. The van der Waals surface area contributed by atoms with Crippen molar-refractivity contribution in [1.29, 1.82) is 0 Å². The van der Waals surface area contributed by atoms with E-state index >= 15 is 0 Å². The van der Waals surface area contributed by atoms with Gasteiger partial charge in [0.2, 0.25) is 0 Å². The summed E-state index contributed by atoms with van der Waals surface area (Å²) in [5.41, 5.74) is 7.76. The predicted molar refractivity (Wildman–Crippen MR) is 113 cm³/mol. The van der Waals surface area contributed by atoms with Crippen molar-refractivity contribution in [3.63, 3.8) is 0 Å². The fraction of sp³-hybridized carbons (Fsp3) is 0.619. The summed E-state index contributed by atoms with van der Waals surface area (Å²) >= 11 is 6.21. The maximum Gasteiger partial charge on any atom is 0.255 e. The number of nitrogens with zero attached hydrogens (tertiary/aromatic N) is 1. The molecule has 2 aliphatic rings. The van der Waals surface area contributed by atoms with Crippen LogP contribution in [0.25, 0.3) is 0 Å². The first-order chi connectivity index (χ1) is 13.9. The Balaban J connectivity index is 1.56. The number of hydrogen-bond acceptors (Lipinski definition) is 6. The zero-order valence-electron chi connectivity index (χ0n) is 17.1. The third-order valence-corrected chi connectivity index (χ3v) is 6.14. The molecule has 160 valence electrons. The Labute approximate surface area is 176 Å². The molecule has 1 fully saturated rings. The van der Waals surface area contributed by atoms with Crippen LogP contribution in [0.4, 0.5) is 5.69 Å². The topological polar surface area (TPSA) is 93.9 Å². The van der Waals surface area contributed by atoms with Gasteiger partial charge in [-0.05, 0) is 38.9 Å². The van der Waals surface area contributed by atoms with Gasteiger partial charge in [-0.2, -0.15) is 0 Å². The molecule has 1 saturated heterocycles. The molecule has 2 heterocycles. The lowest BCUT2D eigenvalue weighted by Gasteiger charge is -2.37. The number of nitrogen functional groups attached to an aromatic ring is 1. The van der Waals surface area contributed by atoms with Gasteiger partial charge in [0.25, 0.3) is 5.91 Å². The van der Waals surface area contributed by atoms with Crippen LogP contribution in [0.15, 0.2) is 6.07 Å². The number of Topliss-reactive ketones (excluding diaryl/α,β-unsaturated/α-hetero) is 1. The van der Waals surface area contributed by atoms with Gasteiger partial charge < -0.3 is 30.2 Å². The third-order valence-electron chi connectivity index (χ3n) is 5.83. The summed E-state index contributed by atoms with van der Waals surface area (Å²) in [5, 5.41) is 3.40. The molecule has 29 heavy (non-hydrogen) atoms. The average molecular weight is 424 g/mol. The smallest absolute Gasteiger partial charge is 0.255 e. The molecule has 0 bridgehead atoms. The van der Waals surface area contributed by atoms with Crippen LogP contribution in [0.3, 0.4) is 0 Å². The molecule has 3 N–H and O–H groups in total. The predicted octanol–water partition coefficient (Wildman–Crippen LogP) is 2.29. The standard InChI is InChI=1S/C21H30ClN3O4/c1-13(26)4-3-7-25-8-5-14(18(12-25)28-2)11-24-21(27)16-10-17(22)19(23)15-6-9-29-20(15)16/h10,14,18H,3-9,11-12,23H2,1-2H3,(H,24,27)/t14-,18+/m1/s1. The van der Waals surface area contributed by atoms with Crippen LogP contribution < -0.4 is 15.8 Å². The van der Waals surface area contributed by atoms with Crippen LogP contribution in [0, 0.1) is 5.92 Å². The number of carbonyl (C=O) groups is 2. The summed E-state index contributed by atoms with van der Waals surface area (Å²) in [4.78, 5) is 26.3. The molecule has 1 amide bonds. The first-order valence-corrected chi connectivity index (χ1v) is 10.5. The molecule has 0 spiro atoms. The van der Waals surface area contributed by atoms with Crippen molar-refractivity contribution in [2.75, 3.05) is 45.6 Å². The van der Waals surface area contributed by atoms with Crippen LogP contribution in [0.5, 0.6) is 5.75 Å². The minimum absolute atomic E-state index is 0.0401. The molecule has 0 radical (unpaired) electrons. The van der Waals surface area contributed by atoms with E-state index in [-0.39, 0.29) is 23.7 Å². The SMILES string of the molecule is CO[C@H]1CN(CCCC(C)=O)CC[C@@H]1CNC(=O)c1cc(Cl)c(N)c2c1OCC2. The third kappa shape index (κ3) is 5.21. The number of ether oxygens (including phenoxy) is 2. The second-order valence-electron chi connectivity index (χ2n) is 7.86. The lowest BCUT2D eigenvalue weighted by atomic mass is 9.93. The summed E-state index contributed by atoms with van der Waals surface area (Å²) in [7, 11) is 1.71. The fourth-order valence-corrected chi connectivity index (χ4v) is 4.36. The Morgan fingerprint density at radius 2 is 2.24 bits per heavy atom. The number of piperidine rings is 1. The van der Waals surface area contributed by atoms with E-state index in [2.05, 4.69) is 10.2 Å². The number of amides is 1. The molecular weight excluding hydrogens is 394 g/mol. The van der Waals surface area contributed by atoms with Gasteiger partial charge in [0.15, 0.2) is 0 Å². The fourth-order valence-electron chi connectivity index (χ4n) is 4.14. The molecule has 2 aliphatic heterocycles. The first kappa shape index (κ1) is 21.9. The summed E-state index contributed by atoms with van der Waals surface area (Å²) in [6.45, 7) is 5.29. The van der Waals surface area contributed by atoms with Gasteiger partial charge in [-0.3, -0.25) is 4.79 Å².